The van der Waals surface area contributed by atoms with E-state index < -0.39 is 0 Å². The van der Waals surface area contributed by atoms with Crippen molar-refractivity contribution in [2.75, 3.05) is 5.32 Å². The van der Waals surface area contributed by atoms with Crippen molar-refractivity contribution < 1.29 is 4.79 Å². The lowest BCUT2D eigenvalue weighted by atomic mass is 9.95. The van der Waals surface area contributed by atoms with Gasteiger partial charge >= 0.3 is 0 Å². The van der Waals surface area contributed by atoms with Crippen LogP contribution in [0, 0.1) is 0 Å². The van der Waals surface area contributed by atoms with Crippen molar-refractivity contribution in [2.24, 2.45) is 0 Å². The van der Waals surface area contributed by atoms with E-state index in [-0.39, 0.29) is 11.9 Å². The fraction of sp³-hybridized carbons (Fsp3) is 0.421. The molecule has 1 amide bonds. The molecule has 0 radical (unpaired) electrons. The van der Waals surface area contributed by atoms with Crippen LogP contribution in [0.5, 0.6) is 0 Å². The van der Waals surface area contributed by atoms with E-state index in [9.17, 15) is 4.79 Å². The first-order valence-corrected chi connectivity index (χ1v) is 8.75. The van der Waals surface area contributed by atoms with Crippen molar-refractivity contribution in [2.45, 2.75) is 51.5 Å². The predicted octanol–water partition coefficient (Wildman–Crippen LogP) is 3.85. The highest BCUT2D eigenvalue weighted by atomic mass is 16.2. The quantitative estimate of drug-likeness (QED) is 0.877. The summed E-state index contributed by atoms with van der Waals surface area (Å²) >= 11 is 0. The molecule has 126 valence electrons. The van der Waals surface area contributed by atoms with Crippen LogP contribution in [0.2, 0.25) is 0 Å². The van der Waals surface area contributed by atoms with Crippen LogP contribution in [0.15, 0.2) is 36.4 Å². The monoisotopic (exact) mass is 324 g/mol. The van der Waals surface area contributed by atoms with E-state index >= 15 is 0 Å². The van der Waals surface area contributed by atoms with Gasteiger partial charge in [0.25, 0.3) is 5.91 Å². The van der Waals surface area contributed by atoms with Crippen molar-refractivity contribution in [1.29, 1.82) is 0 Å². The molecule has 1 fully saturated rings. The van der Waals surface area contributed by atoms with E-state index in [0.29, 0.717) is 11.5 Å². The fourth-order valence-electron chi connectivity index (χ4n) is 3.00. The summed E-state index contributed by atoms with van der Waals surface area (Å²) in [6, 6.07) is 12.0. The van der Waals surface area contributed by atoms with Crippen molar-refractivity contribution in [1.82, 2.24) is 15.5 Å². The first-order valence-electron chi connectivity index (χ1n) is 8.75. The average Bonchev–Trinajstić information content (AvgIpc) is 2.64. The van der Waals surface area contributed by atoms with Gasteiger partial charge in [0.1, 0.15) is 0 Å². The Balaban J connectivity index is 1.58. The Hall–Kier alpha value is -2.43. The van der Waals surface area contributed by atoms with Crippen LogP contribution < -0.4 is 10.6 Å². The third-order valence-corrected chi connectivity index (χ3v) is 4.47. The number of anilines is 2. The number of carbonyl (C=O) groups excluding carboxylic acids is 1. The van der Waals surface area contributed by atoms with Gasteiger partial charge in [-0.1, -0.05) is 38.3 Å². The highest BCUT2D eigenvalue weighted by Gasteiger charge is 2.17. The highest BCUT2D eigenvalue weighted by molar-refractivity contribution is 5.92. The number of nitrogens with one attached hydrogen (secondary N) is 2. The zero-order chi connectivity index (χ0) is 16.8. The molecule has 1 heterocycles. The van der Waals surface area contributed by atoms with Crippen LogP contribution in [0.3, 0.4) is 0 Å². The normalized spacial score (nSPS) is 15.0. The maximum absolute atomic E-state index is 12.2. The standard InChI is InChI=1S/C19H24N4O/c1-2-14-8-10-16(11-9-14)20-18-13-12-17(22-23-18)19(24)21-15-6-4-3-5-7-15/h8-13,15H,2-7H2,1H3,(H,20,23)(H,21,24). The Kier molecular flexibility index (Phi) is 5.41. The molecule has 24 heavy (non-hydrogen) atoms. The van der Waals surface area contributed by atoms with Gasteiger partial charge < -0.3 is 10.6 Å². The van der Waals surface area contributed by atoms with Gasteiger partial charge in [-0.05, 0) is 49.1 Å². The molecule has 5 nitrogen and oxygen atoms in total. The van der Waals surface area contributed by atoms with Crippen LogP contribution in [0.1, 0.15) is 55.1 Å². The number of aryl methyl sites for hydroxylation is 1. The van der Waals surface area contributed by atoms with E-state index in [1.54, 1.807) is 12.1 Å². The smallest absolute Gasteiger partial charge is 0.272 e. The zero-order valence-electron chi connectivity index (χ0n) is 14.1. The predicted molar refractivity (Wildman–Crippen MR) is 95.5 cm³/mol. The molecule has 0 atom stereocenters. The topological polar surface area (TPSA) is 66.9 Å². The van der Waals surface area contributed by atoms with Gasteiger partial charge in [0.05, 0.1) is 0 Å². The molecular formula is C19H24N4O. The molecular weight excluding hydrogens is 300 g/mol. The second kappa shape index (κ2) is 7.90. The first-order chi connectivity index (χ1) is 11.7. The number of rotatable bonds is 5. The summed E-state index contributed by atoms with van der Waals surface area (Å²) in [5.41, 5.74) is 2.62. The first kappa shape index (κ1) is 16.4. The number of amides is 1. The van der Waals surface area contributed by atoms with E-state index in [0.717, 1.165) is 24.9 Å². The Morgan fingerprint density at radius 1 is 1.04 bits per heavy atom. The van der Waals surface area contributed by atoms with Crippen LogP contribution in [0.4, 0.5) is 11.5 Å². The largest absolute Gasteiger partial charge is 0.348 e. The third kappa shape index (κ3) is 4.31. The van der Waals surface area contributed by atoms with E-state index in [1.165, 1.54) is 24.8 Å². The molecule has 5 heteroatoms. The fourth-order valence-corrected chi connectivity index (χ4v) is 3.00. The van der Waals surface area contributed by atoms with Gasteiger partial charge in [-0.15, -0.1) is 10.2 Å². The third-order valence-electron chi connectivity index (χ3n) is 4.47. The van der Waals surface area contributed by atoms with Crippen molar-refractivity contribution in [3.63, 3.8) is 0 Å². The lowest BCUT2D eigenvalue weighted by Gasteiger charge is -2.22. The van der Waals surface area contributed by atoms with Gasteiger partial charge in [0, 0.05) is 11.7 Å². The van der Waals surface area contributed by atoms with Crippen LogP contribution in [0.25, 0.3) is 0 Å². The maximum Gasteiger partial charge on any atom is 0.272 e. The van der Waals surface area contributed by atoms with E-state index in [4.69, 9.17) is 0 Å². The molecule has 2 aromatic rings. The highest BCUT2D eigenvalue weighted by Crippen LogP contribution is 2.18. The summed E-state index contributed by atoms with van der Waals surface area (Å²) in [7, 11) is 0. The summed E-state index contributed by atoms with van der Waals surface area (Å²) in [6.45, 7) is 2.13. The summed E-state index contributed by atoms with van der Waals surface area (Å²) in [5.74, 6) is 0.502. The van der Waals surface area contributed by atoms with Crippen molar-refractivity contribution in [3.8, 4) is 0 Å². The Morgan fingerprint density at radius 2 is 1.79 bits per heavy atom. The minimum absolute atomic E-state index is 0.131. The Labute approximate surface area is 142 Å². The minimum atomic E-state index is -0.131. The minimum Gasteiger partial charge on any atom is -0.348 e. The van der Waals surface area contributed by atoms with Gasteiger partial charge in [-0.2, -0.15) is 0 Å². The molecule has 0 aliphatic heterocycles. The summed E-state index contributed by atoms with van der Waals surface area (Å²) in [4.78, 5) is 12.2. The molecule has 3 rings (SSSR count). The molecule has 1 saturated carbocycles. The lowest BCUT2D eigenvalue weighted by molar-refractivity contribution is 0.0921. The van der Waals surface area contributed by atoms with E-state index in [2.05, 4.69) is 39.9 Å². The molecule has 1 aromatic carbocycles. The maximum atomic E-state index is 12.2. The van der Waals surface area contributed by atoms with Crippen LogP contribution in [-0.4, -0.2) is 22.1 Å². The van der Waals surface area contributed by atoms with Gasteiger partial charge in [0.2, 0.25) is 0 Å². The second-order valence-corrected chi connectivity index (χ2v) is 6.29. The van der Waals surface area contributed by atoms with E-state index in [1.807, 2.05) is 12.1 Å². The molecule has 0 unspecified atom stereocenters. The molecule has 0 spiro atoms. The molecule has 1 aliphatic carbocycles. The van der Waals surface area contributed by atoms with Gasteiger partial charge in [-0.25, -0.2) is 0 Å². The number of aromatic nitrogens is 2. The number of benzene rings is 1. The molecule has 1 aromatic heterocycles. The molecule has 0 bridgehead atoms. The molecule has 1 aliphatic rings. The van der Waals surface area contributed by atoms with Crippen LogP contribution in [-0.2, 0) is 6.42 Å². The summed E-state index contributed by atoms with van der Waals surface area (Å²) < 4.78 is 0. The zero-order valence-corrected chi connectivity index (χ0v) is 14.1. The second-order valence-electron chi connectivity index (χ2n) is 6.29. The Morgan fingerprint density at radius 3 is 2.42 bits per heavy atom. The molecule has 0 saturated heterocycles. The summed E-state index contributed by atoms with van der Waals surface area (Å²) in [6.07, 6.45) is 6.79. The Bertz CT molecular complexity index is 661. The number of carbonyl (C=O) groups is 1. The summed E-state index contributed by atoms with van der Waals surface area (Å²) in [5, 5.41) is 14.4. The number of nitrogens with zero attached hydrogens (tertiary/aromatic N) is 2. The lowest BCUT2D eigenvalue weighted by Crippen LogP contribution is -2.36. The van der Waals surface area contributed by atoms with Crippen LogP contribution >= 0.6 is 0 Å². The molecule has 2 N–H and O–H groups in total. The van der Waals surface area contributed by atoms with Crippen molar-refractivity contribution >= 4 is 17.4 Å². The van der Waals surface area contributed by atoms with Gasteiger partial charge in [0.15, 0.2) is 11.5 Å². The number of hydrogen-bond acceptors (Lipinski definition) is 4. The van der Waals surface area contributed by atoms with Gasteiger partial charge in [-0.3, -0.25) is 4.79 Å². The SMILES string of the molecule is CCc1ccc(Nc2ccc(C(=O)NC3CCCCC3)nn2)cc1. The van der Waals surface area contributed by atoms with Crippen molar-refractivity contribution in [3.05, 3.63) is 47.7 Å². The number of hydrogen-bond donors (Lipinski definition) is 2. The average molecular weight is 324 g/mol.